The van der Waals surface area contributed by atoms with Gasteiger partial charge in [-0.15, -0.1) is 0 Å². The summed E-state index contributed by atoms with van der Waals surface area (Å²) in [6.45, 7) is 5.15. The third kappa shape index (κ3) is 2.41. The predicted octanol–water partition coefficient (Wildman–Crippen LogP) is 1.83. The molecule has 11 heavy (non-hydrogen) atoms. The first-order valence-electron chi connectivity index (χ1n) is 3.93. The molecule has 1 rings (SSSR count). The summed E-state index contributed by atoms with van der Waals surface area (Å²) in [6, 6.07) is 0.160. The van der Waals surface area contributed by atoms with Crippen LogP contribution in [-0.4, -0.2) is 18.1 Å². The lowest BCUT2D eigenvalue weighted by Gasteiger charge is -2.33. The van der Waals surface area contributed by atoms with E-state index in [9.17, 15) is 0 Å². The molecule has 0 aromatic carbocycles. The van der Waals surface area contributed by atoms with E-state index in [2.05, 4.69) is 29.2 Å². The zero-order valence-electron chi connectivity index (χ0n) is 7.04. The minimum atomic E-state index is 0.160. The van der Waals surface area contributed by atoms with Gasteiger partial charge in [-0.05, 0) is 32.2 Å². The second kappa shape index (κ2) is 3.11. The largest absolute Gasteiger partial charge is 0.311 e. The monoisotopic (exact) mass is 154 g/mol. The molecule has 1 atom stereocenters. The van der Waals surface area contributed by atoms with E-state index in [0.29, 0.717) is 0 Å². The molecule has 1 unspecified atom stereocenters. The number of hydrogen-bond donors (Lipinski definition) is 1. The molecule has 4 heteroatoms. The van der Waals surface area contributed by atoms with Gasteiger partial charge in [0.05, 0.1) is 0 Å². The Bertz CT molecular complexity index is 171. The van der Waals surface area contributed by atoms with E-state index in [0.717, 1.165) is 19.4 Å². The molecule has 4 nitrogen and oxygen atoms in total. The lowest BCUT2D eigenvalue weighted by atomic mass is 9.91. The summed E-state index contributed by atoms with van der Waals surface area (Å²) < 4.78 is 0. The Hall–Kier alpha value is -0.730. The Labute approximate surface area is 66.6 Å². The van der Waals surface area contributed by atoms with E-state index in [-0.39, 0.29) is 11.6 Å². The molecule has 0 aromatic heterocycles. The van der Waals surface area contributed by atoms with E-state index in [1.54, 1.807) is 0 Å². The normalized spacial score (nSPS) is 29.1. The Morgan fingerprint density at radius 3 is 2.82 bits per heavy atom. The van der Waals surface area contributed by atoms with Crippen molar-refractivity contribution in [3.05, 3.63) is 10.4 Å². The topological polar surface area (TPSA) is 60.8 Å². The van der Waals surface area contributed by atoms with Gasteiger partial charge in [0.1, 0.15) is 0 Å². The van der Waals surface area contributed by atoms with E-state index >= 15 is 0 Å². The standard InChI is InChI=1S/C7H14N4/c1-7(2)4-3-6(5-9-7)10-11-8/h6,9H,3-5H2,1-2H3. The van der Waals surface area contributed by atoms with Gasteiger partial charge >= 0.3 is 0 Å². The smallest absolute Gasteiger partial charge is 0.0499 e. The van der Waals surface area contributed by atoms with Crippen LogP contribution >= 0.6 is 0 Å². The average molecular weight is 154 g/mol. The van der Waals surface area contributed by atoms with E-state index < -0.39 is 0 Å². The van der Waals surface area contributed by atoms with Crippen molar-refractivity contribution in [2.24, 2.45) is 5.11 Å². The summed E-state index contributed by atoms with van der Waals surface area (Å²) in [4.78, 5) is 2.79. The molecule has 1 aliphatic rings. The van der Waals surface area contributed by atoms with Crippen molar-refractivity contribution < 1.29 is 0 Å². The van der Waals surface area contributed by atoms with E-state index in [4.69, 9.17) is 5.53 Å². The minimum absolute atomic E-state index is 0.160. The van der Waals surface area contributed by atoms with Crippen molar-refractivity contribution >= 4 is 0 Å². The first-order valence-corrected chi connectivity index (χ1v) is 3.93. The average Bonchev–Trinajstić information content (AvgIpc) is 1.94. The second-order valence-corrected chi connectivity index (χ2v) is 3.66. The molecule has 0 bridgehead atoms. The minimum Gasteiger partial charge on any atom is -0.311 e. The van der Waals surface area contributed by atoms with Gasteiger partial charge in [0.2, 0.25) is 0 Å². The number of piperidine rings is 1. The van der Waals surface area contributed by atoms with Gasteiger partial charge in [0.15, 0.2) is 0 Å². The highest BCUT2D eigenvalue weighted by Crippen LogP contribution is 2.19. The molecule has 62 valence electrons. The summed E-state index contributed by atoms with van der Waals surface area (Å²) in [5.41, 5.74) is 8.40. The highest BCUT2D eigenvalue weighted by Gasteiger charge is 2.24. The van der Waals surface area contributed by atoms with E-state index in [1.807, 2.05) is 0 Å². The maximum atomic E-state index is 8.18. The van der Waals surface area contributed by atoms with Gasteiger partial charge in [-0.2, -0.15) is 0 Å². The first kappa shape index (κ1) is 8.37. The molecule has 0 spiro atoms. The molecular weight excluding hydrogens is 140 g/mol. The van der Waals surface area contributed by atoms with Crippen molar-refractivity contribution in [2.75, 3.05) is 6.54 Å². The van der Waals surface area contributed by atoms with Crippen LogP contribution in [0.3, 0.4) is 0 Å². The summed E-state index contributed by atoms with van der Waals surface area (Å²) in [6.07, 6.45) is 2.08. The fraction of sp³-hybridized carbons (Fsp3) is 1.00. The molecule has 0 aromatic rings. The number of rotatable bonds is 1. The Morgan fingerprint density at radius 1 is 1.64 bits per heavy atom. The van der Waals surface area contributed by atoms with Crippen molar-refractivity contribution in [2.45, 2.75) is 38.3 Å². The molecule has 1 aliphatic heterocycles. The second-order valence-electron chi connectivity index (χ2n) is 3.66. The molecule has 0 aliphatic carbocycles. The van der Waals surface area contributed by atoms with Crippen molar-refractivity contribution in [3.8, 4) is 0 Å². The zero-order valence-corrected chi connectivity index (χ0v) is 7.04. The Morgan fingerprint density at radius 2 is 2.36 bits per heavy atom. The van der Waals surface area contributed by atoms with Gasteiger partial charge in [0.25, 0.3) is 0 Å². The van der Waals surface area contributed by atoms with Gasteiger partial charge < -0.3 is 5.32 Å². The van der Waals surface area contributed by atoms with Crippen LogP contribution in [-0.2, 0) is 0 Å². The molecule has 1 saturated heterocycles. The third-order valence-corrected chi connectivity index (χ3v) is 2.13. The van der Waals surface area contributed by atoms with Crippen LogP contribution in [0, 0.1) is 0 Å². The van der Waals surface area contributed by atoms with Gasteiger partial charge in [-0.3, -0.25) is 0 Å². The van der Waals surface area contributed by atoms with Crippen molar-refractivity contribution in [3.63, 3.8) is 0 Å². The van der Waals surface area contributed by atoms with Crippen LogP contribution in [0.2, 0.25) is 0 Å². The number of hydrogen-bond acceptors (Lipinski definition) is 2. The quantitative estimate of drug-likeness (QED) is 0.349. The van der Waals surface area contributed by atoms with Crippen molar-refractivity contribution in [1.82, 2.24) is 5.32 Å². The maximum Gasteiger partial charge on any atom is 0.0499 e. The third-order valence-electron chi connectivity index (χ3n) is 2.13. The summed E-state index contributed by atoms with van der Waals surface area (Å²) in [5.74, 6) is 0. The van der Waals surface area contributed by atoms with Gasteiger partial charge in [-0.25, -0.2) is 0 Å². The van der Waals surface area contributed by atoms with Crippen LogP contribution in [0.25, 0.3) is 10.4 Å². The van der Waals surface area contributed by atoms with Crippen LogP contribution in [0.5, 0.6) is 0 Å². The molecule has 0 radical (unpaired) electrons. The molecule has 0 amide bonds. The molecule has 1 heterocycles. The Balaban J connectivity index is 2.42. The summed E-state index contributed by atoms with van der Waals surface area (Å²) >= 11 is 0. The van der Waals surface area contributed by atoms with Gasteiger partial charge in [0, 0.05) is 23.0 Å². The SMILES string of the molecule is CC1(C)CCC(N=[N+]=[N-])CN1. The van der Waals surface area contributed by atoms with Crippen LogP contribution in [0.4, 0.5) is 0 Å². The highest BCUT2D eigenvalue weighted by atomic mass is 15.2. The fourth-order valence-corrected chi connectivity index (χ4v) is 1.28. The van der Waals surface area contributed by atoms with Crippen LogP contribution in [0.15, 0.2) is 5.11 Å². The predicted molar refractivity (Wildman–Crippen MR) is 44.2 cm³/mol. The maximum absolute atomic E-state index is 8.18. The zero-order chi connectivity index (χ0) is 8.32. The first-order chi connectivity index (χ1) is 5.14. The Kier molecular flexibility index (Phi) is 2.37. The van der Waals surface area contributed by atoms with Crippen LogP contribution < -0.4 is 5.32 Å². The molecular formula is C7H14N4. The molecule has 1 fully saturated rings. The molecule has 1 N–H and O–H groups in total. The number of azide groups is 1. The van der Waals surface area contributed by atoms with Crippen LogP contribution in [0.1, 0.15) is 26.7 Å². The van der Waals surface area contributed by atoms with Crippen molar-refractivity contribution in [1.29, 1.82) is 0 Å². The summed E-state index contributed by atoms with van der Waals surface area (Å²) in [5, 5.41) is 7.00. The lowest BCUT2D eigenvalue weighted by molar-refractivity contribution is 0.281. The summed E-state index contributed by atoms with van der Waals surface area (Å²) in [7, 11) is 0. The van der Waals surface area contributed by atoms with E-state index in [1.165, 1.54) is 0 Å². The highest BCUT2D eigenvalue weighted by molar-refractivity contribution is 4.88. The number of nitrogens with zero attached hydrogens (tertiary/aromatic N) is 3. The number of nitrogens with one attached hydrogen (secondary N) is 1. The van der Waals surface area contributed by atoms with Gasteiger partial charge in [-0.1, -0.05) is 5.11 Å². The molecule has 0 saturated carbocycles. The fourth-order valence-electron chi connectivity index (χ4n) is 1.28. The lowest BCUT2D eigenvalue weighted by Crippen LogP contribution is -2.47.